The predicted octanol–water partition coefficient (Wildman–Crippen LogP) is 3.74. The van der Waals surface area contributed by atoms with Gasteiger partial charge in [-0.2, -0.15) is 0 Å². The minimum absolute atomic E-state index is 0.433. The number of para-hydroxylation sites is 1. The third-order valence-corrected chi connectivity index (χ3v) is 4.19. The molecule has 20 heavy (non-hydrogen) atoms. The molecule has 2 unspecified atom stereocenters. The molecule has 3 nitrogen and oxygen atoms in total. The van der Waals surface area contributed by atoms with Crippen LogP contribution in [0.25, 0.3) is 0 Å². The fraction of sp³-hybridized carbons (Fsp3) is 0.625. The van der Waals surface area contributed by atoms with Crippen molar-refractivity contribution in [3.63, 3.8) is 0 Å². The molecule has 1 aromatic rings. The number of nitrogens with one attached hydrogen (secondary N) is 2. The lowest BCUT2D eigenvalue weighted by molar-refractivity contribution is 0.371. The summed E-state index contributed by atoms with van der Waals surface area (Å²) in [6, 6.07) is 7.13. The second-order valence-corrected chi connectivity index (χ2v) is 6.37. The third kappa shape index (κ3) is 4.03. The van der Waals surface area contributed by atoms with E-state index in [1.807, 2.05) is 26.2 Å². The summed E-state index contributed by atoms with van der Waals surface area (Å²) in [5.74, 6) is 0. The Morgan fingerprint density at radius 2 is 2.20 bits per heavy atom. The van der Waals surface area contributed by atoms with Gasteiger partial charge in [-0.25, -0.2) is 0 Å². The summed E-state index contributed by atoms with van der Waals surface area (Å²) in [5, 5.41) is 8.02. The fourth-order valence-corrected chi connectivity index (χ4v) is 3.31. The average Bonchev–Trinajstić information content (AvgIpc) is 2.39. The summed E-state index contributed by atoms with van der Waals surface area (Å²) in [6.07, 6.45) is 5.11. The molecule has 0 aromatic heterocycles. The maximum atomic E-state index is 6.31. The van der Waals surface area contributed by atoms with Crippen LogP contribution in [0.3, 0.4) is 0 Å². The quantitative estimate of drug-likeness (QED) is 0.866. The van der Waals surface area contributed by atoms with Crippen molar-refractivity contribution in [3.8, 4) is 0 Å². The normalized spacial score (nSPS) is 20.5. The molecule has 0 saturated carbocycles. The standard InChI is InChI=1S/C16H26ClN3/c1-12(11-13-7-4-5-10-18-13)19-15-9-6-8-14(17)16(15)20(2)3/h6,8-9,12-13,18-19H,4-5,7,10-11H2,1-3H3. The van der Waals surface area contributed by atoms with Crippen LogP contribution in [0.5, 0.6) is 0 Å². The highest BCUT2D eigenvalue weighted by Gasteiger charge is 2.17. The first kappa shape index (κ1) is 15.5. The molecular formula is C16H26ClN3. The summed E-state index contributed by atoms with van der Waals surface area (Å²) in [7, 11) is 4.06. The van der Waals surface area contributed by atoms with Crippen molar-refractivity contribution in [1.29, 1.82) is 0 Å². The summed E-state index contributed by atoms with van der Waals surface area (Å²) < 4.78 is 0. The molecule has 0 radical (unpaired) electrons. The van der Waals surface area contributed by atoms with Gasteiger partial charge in [0.1, 0.15) is 0 Å². The first-order valence-corrected chi connectivity index (χ1v) is 7.91. The van der Waals surface area contributed by atoms with E-state index in [1.54, 1.807) is 0 Å². The zero-order valence-corrected chi connectivity index (χ0v) is 13.5. The van der Waals surface area contributed by atoms with Crippen LogP contribution < -0.4 is 15.5 Å². The third-order valence-electron chi connectivity index (χ3n) is 3.89. The molecule has 1 fully saturated rings. The minimum atomic E-state index is 0.433. The molecule has 4 heteroatoms. The van der Waals surface area contributed by atoms with Crippen molar-refractivity contribution in [3.05, 3.63) is 23.2 Å². The lowest BCUT2D eigenvalue weighted by Crippen LogP contribution is -2.37. The van der Waals surface area contributed by atoms with Gasteiger partial charge in [0, 0.05) is 26.2 Å². The summed E-state index contributed by atoms with van der Waals surface area (Å²) in [6.45, 7) is 3.41. The summed E-state index contributed by atoms with van der Waals surface area (Å²) in [4.78, 5) is 2.07. The molecule has 1 heterocycles. The van der Waals surface area contributed by atoms with Gasteiger partial charge in [-0.15, -0.1) is 0 Å². The van der Waals surface area contributed by atoms with Gasteiger partial charge in [0.25, 0.3) is 0 Å². The van der Waals surface area contributed by atoms with E-state index in [-0.39, 0.29) is 0 Å². The van der Waals surface area contributed by atoms with E-state index in [0.29, 0.717) is 12.1 Å². The van der Waals surface area contributed by atoms with Crippen LogP contribution in [0.2, 0.25) is 5.02 Å². The van der Waals surface area contributed by atoms with Gasteiger partial charge < -0.3 is 15.5 Å². The average molecular weight is 296 g/mol. The van der Waals surface area contributed by atoms with E-state index in [1.165, 1.54) is 19.3 Å². The molecular weight excluding hydrogens is 270 g/mol. The first-order chi connectivity index (χ1) is 9.58. The van der Waals surface area contributed by atoms with Crippen LogP contribution >= 0.6 is 11.6 Å². The monoisotopic (exact) mass is 295 g/mol. The van der Waals surface area contributed by atoms with E-state index in [0.717, 1.165) is 29.4 Å². The molecule has 1 aliphatic rings. The Morgan fingerprint density at radius 1 is 1.40 bits per heavy atom. The van der Waals surface area contributed by atoms with Gasteiger partial charge >= 0.3 is 0 Å². The number of hydrogen-bond acceptors (Lipinski definition) is 3. The maximum absolute atomic E-state index is 6.31. The van der Waals surface area contributed by atoms with E-state index in [2.05, 4.69) is 28.5 Å². The van der Waals surface area contributed by atoms with Crippen LogP contribution in [0.15, 0.2) is 18.2 Å². The van der Waals surface area contributed by atoms with Gasteiger partial charge in [0.15, 0.2) is 0 Å². The van der Waals surface area contributed by atoms with Gasteiger partial charge in [0.2, 0.25) is 0 Å². The minimum Gasteiger partial charge on any atom is -0.381 e. The Balaban J connectivity index is 2.00. The molecule has 0 spiro atoms. The van der Waals surface area contributed by atoms with E-state index in [9.17, 15) is 0 Å². The zero-order chi connectivity index (χ0) is 14.5. The van der Waals surface area contributed by atoms with Crippen LogP contribution in [0.4, 0.5) is 11.4 Å². The number of hydrogen-bond donors (Lipinski definition) is 2. The highest BCUT2D eigenvalue weighted by molar-refractivity contribution is 6.34. The van der Waals surface area contributed by atoms with Crippen molar-refractivity contribution >= 4 is 23.0 Å². The second-order valence-electron chi connectivity index (χ2n) is 5.96. The van der Waals surface area contributed by atoms with E-state index >= 15 is 0 Å². The Bertz CT molecular complexity index is 428. The van der Waals surface area contributed by atoms with Crippen molar-refractivity contribution in [1.82, 2.24) is 5.32 Å². The van der Waals surface area contributed by atoms with Crippen molar-refractivity contribution in [2.24, 2.45) is 0 Å². The summed E-state index contributed by atoms with van der Waals surface area (Å²) >= 11 is 6.31. The lowest BCUT2D eigenvalue weighted by atomic mass is 9.98. The molecule has 112 valence electrons. The lowest BCUT2D eigenvalue weighted by Gasteiger charge is -2.28. The van der Waals surface area contributed by atoms with Crippen LogP contribution in [0, 0.1) is 0 Å². The number of anilines is 2. The number of piperidine rings is 1. The maximum Gasteiger partial charge on any atom is 0.0786 e. The highest BCUT2D eigenvalue weighted by Crippen LogP contribution is 2.33. The molecule has 1 aliphatic heterocycles. The Kier molecular flexibility index (Phi) is 5.55. The van der Waals surface area contributed by atoms with Gasteiger partial charge in [-0.05, 0) is 44.9 Å². The molecule has 1 saturated heterocycles. The highest BCUT2D eigenvalue weighted by atomic mass is 35.5. The first-order valence-electron chi connectivity index (χ1n) is 7.53. The van der Waals surface area contributed by atoms with Crippen LogP contribution in [-0.4, -0.2) is 32.7 Å². The van der Waals surface area contributed by atoms with Crippen molar-refractivity contribution in [2.45, 2.75) is 44.7 Å². The van der Waals surface area contributed by atoms with Crippen LogP contribution in [0.1, 0.15) is 32.6 Å². The van der Waals surface area contributed by atoms with Crippen LogP contribution in [-0.2, 0) is 0 Å². The zero-order valence-electron chi connectivity index (χ0n) is 12.7. The smallest absolute Gasteiger partial charge is 0.0786 e. The summed E-state index contributed by atoms with van der Waals surface area (Å²) in [5.41, 5.74) is 2.18. The predicted molar refractivity (Wildman–Crippen MR) is 89.1 cm³/mol. The molecule has 0 bridgehead atoms. The number of benzene rings is 1. The molecule has 1 aromatic carbocycles. The van der Waals surface area contributed by atoms with Gasteiger partial charge in [0.05, 0.1) is 16.4 Å². The molecule has 2 N–H and O–H groups in total. The molecule has 0 amide bonds. The number of nitrogens with zero attached hydrogens (tertiary/aromatic N) is 1. The van der Waals surface area contributed by atoms with Crippen molar-refractivity contribution in [2.75, 3.05) is 30.9 Å². The Morgan fingerprint density at radius 3 is 2.85 bits per heavy atom. The van der Waals surface area contributed by atoms with Gasteiger partial charge in [-0.1, -0.05) is 24.1 Å². The largest absolute Gasteiger partial charge is 0.381 e. The topological polar surface area (TPSA) is 27.3 Å². The van der Waals surface area contributed by atoms with Gasteiger partial charge in [-0.3, -0.25) is 0 Å². The van der Waals surface area contributed by atoms with E-state index < -0.39 is 0 Å². The van der Waals surface area contributed by atoms with Crippen molar-refractivity contribution < 1.29 is 0 Å². The Labute approximate surface area is 127 Å². The molecule has 0 aliphatic carbocycles. The fourth-order valence-electron chi connectivity index (χ4n) is 2.96. The molecule has 2 atom stereocenters. The Hall–Kier alpha value is -0.930. The number of rotatable bonds is 5. The number of halogens is 1. The van der Waals surface area contributed by atoms with E-state index in [4.69, 9.17) is 11.6 Å². The molecule has 2 rings (SSSR count). The second kappa shape index (κ2) is 7.19. The SMILES string of the molecule is CC(CC1CCCCN1)Nc1cccc(Cl)c1N(C)C.